The summed E-state index contributed by atoms with van der Waals surface area (Å²) in [6.45, 7) is 10.6. The fourth-order valence-electron chi connectivity index (χ4n) is 2.47. The van der Waals surface area contributed by atoms with E-state index in [1.54, 1.807) is 0 Å². The predicted octanol–water partition coefficient (Wildman–Crippen LogP) is 1.67. The zero-order valence-corrected chi connectivity index (χ0v) is 9.80. The van der Waals surface area contributed by atoms with Crippen molar-refractivity contribution in [3.05, 3.63) is 0 Å². The highest BCUT2D eigenvalue weighted by molar-refractivity contribution is 4.91. The van der Waals surface area contributed by atoms with Gasteiger partial charge in [-0.3, -0.25) is 4.90 Å². The van der Waals surface area contributed by atoms with Crippen LogP contribution < -0.4 is 0 Å². The lowest BCUT2D eigenvalue weighted by Gasteiger charge is -2.47. The highest BCUT2D eigenvalue weighted by Crippen LogP contribution is 2.26. The topological polar surface area (TPSA) is 6.48 Å². The van der Waals surface area contributed by atoms with Gasteiger partial charge in [-0.25, -0.2) is 0 Å². The quantitative estimate of drug-likeness (QED) is 0.644. The van der Waals surface area contributed by atoms with E-state index >= 15 is 0 Å². The van der Waals surface area contributed by atoms with Gasteiger partial charge >= 0.3 is 0 Å². The minimum atomic E-state index is 0.390. The van der Waals surface area contributed by atoms with E-state index in [0.717, 1.165) is 5.92 Å². The van der Waals surface area contributed by atoms with Crippen molar-refractivity contribution >= 4 is 0 Å². The normalized spacial score (nSPS) is 32.8. The van der Waals surface area contributed by atoms with E-state index < -0.39 is 0 Å². The molecule has 0 aromatic carbocycles. The van der Waals surface area contributed by atoms with Crippen LogP contribution in [-0.4, -0.2) is 49.1 Å². The van der Waals surface area contributed by atoms with Crippen LogP contribution in [0.15, 0.2) is 0 Å². The Morgan fingerprint density at radius 3 is 2.38 bits per heavy atom. The average Bonchev–Trinajstić information content (AvgIpc) is 1.95. The zero-order chi connectivity index (χ0) is 10.1. The first-order valence-electron chi connectivity index (χ1n) is 5.34. The molecule has 1 unspecified atom stereocenters. The molecule has 0 aliphatic carbocycles. The maximum absolute atomic E-state index is 2.52. The van der Waals surface area contributed by atoms with Crippen molar-refractivity contribution in [2.45, 2.75) is 32.7 Å². The number of hydrogen-bond donors (Lipinski definition) is 0. The van der Waals surface area contributed by atoms with Gasteiger partial charge in [0.25, 0.3) is 0 Å². The molecule has 1 rings (SSSR count). The maximum Gasteiger partial charge on any atom is 0.0308 e. The van der Waals surface area contributed by atoms with Crippen molar-refractivity contribution in [3.63, 3.8) is 0 Å². The largest absolute Gasteiger partial charge is 0.303 e. The Kier molecular flexibility index (Phi) is 3.36. The first kappa shape index (κ1) is 11.0. The van der Waals surface area contributed by atoms with E-state index in [4.69, 9.17) is 0 Å². The Bertz CT molecular complexity index is 163. The van der Waals surface area contributed by atoms with Crippen LogP contribution in [0.1, 0.15) is 27.2 Å². The number of rotatable bonds is 2. The summed E-state index contributed by atoms with van der Waals surface area (Å²) >= 11 is 0. The number of piperazine rings is 1. The maximum atomic E-state index is 2.52. The SMILES string of the molecule is CC(C)CC1(C)CN(C)CCN1C. The summed E-state index contributed by atoms with van der Waals surface area (Å²) in [4.78, 5) is 4.97. The van der Waals surface area contributed by atoms with E-state index in [0.29, 0.717) is 5.54 Å². The molecule has 13 heavy (non-hydrogen) atoms. The molecule has 0 amide bonds. The Morgan fingerprint density at radius 2 is 1.85 bits per heavy atom. The third kappa shape index (κ3) is 2.68. The molecule has 0 saturated carbocycles. The van der Waals surface area contributed by atoms with E-state index in [2.05, 4.69) is 44.7 Å². The lowest BCUT2D eigenvalue weighted by Crippen LogP contribution is -2.58. The predicted molar refractivity (Wildman–Crippen MR) is 58.0 cm³/mol. The molecular formula is C11H24N2. The minimum absolute atomic E-state index is 0.390. The molecule has 1 heterocycles. The monoisotopic (exact) mass is 184 g/mol. The van der Waals surface area contributed by atoms with Crippen LogP contribution in [-0.2, 0) is 0 Å². The second-order valence-electron chi connectivity index (χ2n) is 5.25. The summed E-state index contributed by atoms with van der Waals surface area (Å²) in [5.41, 5.74) is 0.390. The van der Waals surface area contributed by atoms with Crippen LogP contribution in [0.25, 0.3) is 0 Å². The van der Waals surface area contributed by atoms with Crippen LogP contribution in [0.2, 0.25) is 0 Å². The van der Waals surface area contributed by atoms with Crippen molar-refractivity contribution in [1.29, 1.82) is 0 Å². The lowest BCUT2D eigenvalue weighted by molar-refractivity contribution is 0.0256. The molecule has 1 atom stereocenters. The molecule has 0 N–H and O–H groups in total. The van der Waals surface area contributed by atoms with E-state index in [9.17, 15) is 0 Å². The summed E-state index contributed by atoms with van der Waals surface area (Å²) in [7, 11) is 4.49. The van der Waals surface area contributed by atoms with E-state index in [-0.39, 0.29) is 0 Å². The van der Waals surface area contributed by atoms with Crippen molar-refractivity contribution < 1.29 is 0 Å². The van der Waals surface area contributed by atoms with Crippen LogP contribution in [0.4, 0.5) is 0 Å². The van der Waals surface area contributed by atoms with Gasteiger partial charge in [-0.15, -0.1) is 0 Å². The van der Waals surface area contributed by atoms with Crippen LogP contribution in [0, 0.1) is 5.92 Å². The summed E-state index contributed by atoms with van der Waals surface area (Å²) < 4.78 is 0. The van der Waals surface area contributed by atoms with Gasteiger partial charge in [0.2, 0.25) is 0 Å². The van der Waals surface area contributed by atoms with Crippen molar-refractivity contribution in [1.82, 2.24) is 9.80 Å². The molecule has 78 valence electrons. The minimum Gasteiger partial charge on any atom is -0.303 e. The van der Waals surface area contributed by atoms with Gasteiger partial charge in [0.05, 0.1) is 0 Å². The van der Waals surface area contributed by atoms with Gasteiger partial charge in [0.15, 0.2) is 0 Å². The molecule has 0 radical (unpaired) electrons. The van der Waals surface area contributed by atoms with Gasteiger partial charge in [-0.2, -0.15) is 0 Å². The van der Waals surface area contributed by atoms with Crippen LogP contribution >= 0.6 is 0 Å². The third-order valence-electron chi connectivity index (χ3n) is 3.20. The molecule has 1 saturated heterocycles. The Labute approximate surface area is 82.9 Å². The molecule has 2 nitrogen and oxygen atoms in total. The zero-order valence-electron chi connectivity index (χ0n) is 9.80. The summed E-state index contributed by atoms with van der Waals surface area (Å²) in [5.74, 6) is 0.791. The number of likely N-dealkylation sites (N-methyl/N-ethyl adjacent to an activating group) is 2. The highest BCUT2D eigenvalue weighted by Gasteiger charge is 2.34. The molecule has 2 heteroatoms. The molecule has 1 aliphatic heterocycles. The fraction of sp³-hybridized carbons (Fsp3) is 1.00. The Morgan fingerprint density at radius 1 is 1.23 bits per heavy atom. The molecule has 1 fully saturated rings. The van der Waals surface area contributed by atoms with E-state index in [1.807, 2.05) is 0 Å². The van der Waals surface area contributed by atoms with Gasteiger partial charge in [0, 0.05) is 25.2 Å². The number of nitrogens with zero attached hydrogens (tertiary/aromatic N) is 2. The van der Waals surface area contributed by atoms with Crippen molar-refractivity contribution in [2.75, 3.05) is 33.7 Å². The standard InChI is InChI=1S/C11H24N2/c1-10(2)8-11(3)9-12(4)6-7-13(11)5/h10H,6-9H2,1-5H3. The van der Waals surface area contributed by atoms with Gasteiger partial charge in [0.1, 0.15) is 0 Å². The molecule has 1 aliphatic rings. The van der Waals surface area contributed by atoms with E-state index in [1.165, 1.54) is 26.1 Å². The van der Waals surface area contributed by atoms with Gasteiger partial charge in [-0.1, -0.05) is 13.8 Å². The third-order valence-corrected chi connectivity index (χ3v) is 3.20. The summed E-state index contributed by atoms with van der Waals surface area (Å²) in [6, 6.07) is 0. The smallest absolute Gasteiger partial charge is 0.0308 e. The first-order chi connectivity index (χ1) is 5.94. The van der Waals surface area contributed by atoms with Crippen LogP contribution in [0.5, 0.6) is 0 Å². The molecule has 0 aromatic heterocycles. The van der Waals surface area contributed by atoms with Crippen molar-refractivity contribution in [3.8, 4) is 0 Å². The highest BCUT2D eigenvalue weighted by atomic mass is 15.3. The first-order valence-corrected chi connectivity index (χ1v) is 5.34. The molecular weight excluding hydrogens is 160 g/mol. The summed E-state index contributed by atoms with van der Waals surface area (Å²) in [5, 5.41) is 0. The second kappa shape index (κ2) is 3.97. The number of hydrogen-bond acceptors (Lipinski definition) is 2. The molecule has 0 aromatic rings. The van der Waals surface area contributed by atoms with Gasteiger partial charge < -0.3 is 4.90 Å². The Hall–Kier alpha value is -0.0800. The summed E-state index contributed by atoms with van der Waals surface area (Å²) in [6.07, 6.45) is 1.30. The van der Waals surface area contributed by atoms with Gasteiger partial charge in [-0.05, 0) is 33.4 Å². The molecule has 0 bridgehead atoms. The van der Waals surface area contributed by atoms with Crippen LogP contribution in [0.3, 0.4) is 0 Å². The average molecular weight is 184 g/mol. The lowest BCUT2D eigenvalue weighted by atomic mass is 9.87. The molecule has 0 spiro atoms. The van der Waals surface area contributed by atoms with Crippen molar-refractivity contribution in [2.24, 2.45) is 5.92 Å². The Balaban J connectivity index is 2.61. The fourth-order valence-corrected chi connectivity index (χ4v) is 2.47. The second-order valence-corrected chi connectivity index (χ2v) is 5.25.